The van der Waals surface area contributed by atoms with Crippen LogP contribution < -0.4 is 9.64 Å². The van der Waals surface area contributed by atoms with Crippen molar-refractivity contribution in [3.8, 4) is 5.75 Å². The minimum atomic E-state index is -0.556. The van der Waals surface area contributed by atoms with Crippen LogP contribution in [0.3, 0.4) is 0 Å². The standard InChI is InChI=1S/C21H24BrNO3/c1-21(2,3)26-20(24)23-18(14-7-5-8-15(13-14)25-4)12-11-16-17(22)9-6-10-19(16)23/h5-10,13,18H,11-12H2,1-4H3. The van der Waals surface area contributed by atoms with E-state index in [0.717, 1.165) is 39.9 Å². The molecule has 0 saturated heterocycles. The highest BCUT2D eigenvalue weighted by molar-refractivity contribution is 9.10. The molecule has 4 nitrogen and oxygen atoms in total. The van der Waals surface area contributed by atoms with Crippen LogP contribution in [0.2, 0.25) is 0 Å². The lowest BCUT2D eigenvalue weighted by Gasteiger charge is -2.38. The van der Waals surface area contributed by atoms with Crippen molar-refractivity contribution >= 4 is 27.7 Å². The summed E-state index contributed by atoms with van der Waals surface area (Å²) in [5, 5.41) is 0. The molecule has 0 N–H and O–H groups in total. The van der Waals surface area contributed by atoms with E-state index in [1.54, 1.807) is 12.0 Å². The van der Waals surface area contributed by atoms with E-state index in [0.29, 0.717) is 0 Å². The molecule has 1 aliphatic heterocycles. The molecule has 1 heterocycles. The van der Waals surface area contributed by atoms with E-state index < -0.39 is 5.60 Å². The quantitative estimate of drug-likeness (QED) is 0.611. The van der Waals surface area contributed by atoms with Gasteiger partial charge in [0, 0.05) is 4.47 Å². The number of halogens is 1. The van der Waals surface area contributed by atoms with Gasteiger partial charge in [0.1, 0.15) is 11.4 Å². The smallest absolute Gasteiger partial charge is 0.415 e. The Kier molecular flexibility index (Phi) is 5.28. The monoisotopic (exact) mass is 417 g/mol. The summed E-state index contributed by atoms with van der Waals surface area (Å²) in [6.07, 6.45) is 1.38. The van der Waals surface area contributed by atoms with E-state index in [1.807, 2.05) is 63.2 Å². The Balaban J connectivity index is 2.07. The van der Waals surface area contributed by atoms with Crippen molar-refractivity contribution in [2.24, 2.45) is 0 Å². The zero-order valence-electron chi connectivity index (χ0n) is 15.6. The Labute approximate surface area is 163 Å². The molecule has 1 aliphatic rings. The van der Waals surface area contributed by atoms with E-state index in [2.05, 4.69) is 15.9 Å². The number of benzene rings is 2. The van der Waals surface area contributed by atoms with Gasteiger partial charge in [-0.1, -0.05) is 34.1 Å². The highest BCUT2D eigenvalue weighted by Gasteiger charge is 2.35. The Hall–Kier alpha value is -2.01. The number of hydrogen-bond acceptors (Lipinski definition) is 3. The van der Waals surface area contributed by atoms with Crippen LogP contribution in [0.15, 0.2) is 46.9 Å². The average Bonchev–Trinajstić information content (AvgIpc) is 2.59. The molecule has 2 aromatic rings. The zero-order valence-corrected chi connectivity index (χ0v) is 17.2. The van der Waals surface area contributed by atoms with Gasteiger partial charge in [0.15, 0.2) is 0 Å². The fourth-order valence-corrected chi connectivity index (χ4v) is 3.85. The van der Waals surface area contributed by atoms with Gasteiger partial charge in [-0.3, -0.25) is 4.90 Å². The molecule has 2 aromatic carbocycles. The Morgan fingerprint density at radius 2 is 1.92 bits per heavy atom. The van der Waals surface area contributed by atoms with Crippen molar-refractivity contribution in [2.75, 3.05) is 12.0 Å². The molecule has 1 atom stereocenters. The SMILES string of the molecule is COc1cccc(C2CCc3c(Br)cccc3N2C(=O)OC(C)(C)C)c1. The topological polar surface area (TPSA) is 38.8 Å². The first-order chi connectivity index (χ1) is 12.3. The van der Waals surface area contributed by atoms with Gasteiger partial charge in [-0.25, -0.2) is 4.79 Å². The molecule has 3 rings (SSSR count). The van der Waals surface area contributed by atoms with Gasteiger partial charge < -0.3 is 9.47 Å². The van der Waals surface area contributed by atoms with Crippen molar-refractivity contribution in [3.05, 3.63) is 58.1 Å². The summed E-state index contributed by atoms with van der Waals surface area (Å²) in [7, 11) is 1.65. The van der Waals surface area contributed by atoms with Crippen LogP contribution in [0, 0.1) is 0 Å². The number of hydrogen-bond donors (Lipinski definition) is 0. The third kappa shape index (κ3) is 3.88. The maximum atomic E-state index is 13.1. The van der Waals surface area contributed by atoms with Gasteiger partial charge in [-0.15, -0.1) is 0 Å². The van der Waals surface area contributed by atoms with Crippen LogP contribution in [-0.2, 0) is 11.2 Å². The van der Waals surface area contributed by atoms with E-state index in [1.165, 1.54) is 0 Å². The molecule has 0 aliphatic carbocycles. The number of carbonyl (C=O) groups is 1. The van der Waals surface area contributed by atoms with Crippen LogP contribution in [-0.4, -0.2) is 18.8 Å². The van der Waals surface area contributed by atoms with Crippen LogP contribution >= 0.6 is 15.9 Å². The zero-order chi connectivity index (χ0) is 18.9. The van der Waals surface area contributed by atoms with Gasteiger partial charge >= 0.3 is 6.09 Å². The van der Waals surface area contributed by atoms with Gasteiger partial charge in [0.2, 0.25) is 0 Å². The number of carbonyl (C=O) groups excluding carboxylic acids is 1. The average molecular weight is 418 g/mol. The van der Waals surface area contributed by atoms with Gasteiger partial charge in [0.25, 0.3) is 0 Å². The Morgan fingerprint density at radius 1 is 1.19 bits per heavy atom. The van der Waals surface area contributed by atoms with Crippen LogP contribution in [0.1, 0.15) is 44.4 Å². The molecular formula is C21H24BrNO3. The normalized spacial score (nSPS) is 16.8. The van der Waals surface area contributed by atoms with Crippen LogP contribution in [0.5, 0.6) is 5.75 Å². The highest BCUT2D eigenvalue weighted by atomic mass is 79.9. The molecule has 0 spiro atoms. The fraction of sp³-hybridized carbons (Fsp3) is 0.381. The molecule has 26 heavy (non-hydrogen) atoms. The summed E-state index contributed by atoms with van der Waals surface area (Å²) < 4.78 is 12.1. The predicted molar refractivity (Wildman–Crippen MR) is 107 cm³/mol. The summed E-state index contributed by atoms with van der Waals surface area (Å²) in [5.74, 6) is 0.784. The van der Waals surface area contributed by atoms with Crippen molar-refractivity contribution in [1.82, 2.24) is 0 Å². The minimum absolute atomic E-state index is 0.0956. The van der Waals surface area contributed by atoms with Gasteiger partial charge in [0.05, 0.1) is 18.8 Å². The van der Waals surface area contributed by atoms with Gasteiger partial charge in [-0.2, -0.15) is 0 Å². The fourth-order valence-electron chi connectivity index (χ4n) is 3.30. The minimum Gasteiger partial charge on any atom is -0.497 e. The second-order valence-corrected chi connectivity index (χ2v) is 8.27. The summed E-state index contributed by atoms with van der Waals surface area (Å²) in [6, 6.07) is 13.7. The second-order valence-electron chi connectivity index (χ2n) is 7.42. The Morgan fingerprint density at radius 3 is 2.62 bits per heavy atom. The number of nitrogens with zero attached hydrogens (tertiary/aromatic N) is 1. The van der Waals surface area contributed by atoms with Crippen molar-refractivity contribution in [3.63, 3.8) is 0 Å². The first kappa shape index (κ1) is 18.8. The number of anilines is 1. The van der Waals surface area contributed by atoms with E-state index in [9.17, 15) is 4.79 Å². The summed E-state index contributed by atoms with van der Waals surface area (Å²) >= 11 is 3.62. The van der Waals surface area contributed by atoms with Crippen LogP contribution in [0.25, 0.3) is 0 Å². The van der Waals surface area contributed by atoms with Crippen molar-refractivity contribution in [2.45, 2.75) is 45.3 Å². The predicted octanol–water partition coefficient (Wildman–Crippen LogP) is 5.89. The molecule has 0 saturated carbocycles. The number of fused-ring (bicyclic) bond motifs is 1. The molecule has 0 fully saturated rings. The molecule has 0 bridgehead atoms. The molecule has 138 valence electrons. The molecule has 1 amide bonds. The Bertz CT molecular complexity index is 813. The first-order valence-electron chi connectivity index (χ1n) is 8.74. The number of amides is 1. The van der Waals surface area contributed by atoms with Crippen molar-refractivity contribution < 1.29 is 14.3 Å². The highest BCUT2D eigenvalue weighted by Crippen LogP contribution is 2.42. The largest absolute Gasteiger partial charge is 0.497 e. The molecule has 0 aromatic heterocycles. The molecule has 0 radical (unpaired) electrons. The maximum Gasteiger partial charge on any atom is 0.415 e. The lowest BCUT2D eigenvalue weighted by molar-refractivity contribution is 0.0560. The molecule has 1 unspecified atom stereocenters. The molecular weight excluding hydrogens is 394 g/mol. The third-order valence-corrected chi connectivity index (χ3v) is 5.14. The van der Waals surface area contributed by atoms with E-state index in [-0.39, 0.29) is 12.1 Å². The number of ether oxygens (including phenoxy) is 2. The van der Waals surface area contributed by atoms with Crippen molar-refractivity contribution in [1.29, 1.82) is 0 Å². The summed E-state index contributed by atoms with van der Waals surface area (Å²) in [4.78, 5) is 14.9. The van der Waals surface area contributed by atoms with Crippen LogP contribution in [0.4, 0.5) is 10.5 Å². The van der Waals surface area contributed by atoms with E-state index in [4.69, 9.17) is 9.47 Å². The van der Waals surface area contributed by atoms with E-state index >= 15 is 0 Å². The first-order valence-corrected chi connectivity index (χ1v) is 9.53. The lowest BCUT2D eigenvalue weighted by atomic mass is 9.91. The number of methoxy groups -OCH3 is 1. The molecule has 5 heteroatoms. The number of rotatable bonds is 2. The second kappa shape index (κ2) is 7.31. The lowest BCUT2D eigenvalue weighted by Crippen LogP contribution is -2.42. The summed E-state index contributed by atoms with van der Waals surface area (Å²) in [6.45, 7) is 5.66. The maximum absolute atomic E-state index is 13.1. The third-order valence-electron chi connectivity index (χ3n) is 4.40. The van der Waals surface area contributed by atoms with Gasteiger partial charge in [-0.05, 0) is 69.0 Å². The summed E-state index contributed by atoms with van der Waals surface area (Å²) in [5.41, 5.74) is 2.52.